The summed E-state index contributed by atoms with van der Waals surface area (Å²) in [6, 6.07) is -0.244. The van der Waals surface area contributed by atoms with Crippen LogP contribution in [0.4, 0.5) is 0 Å². The Morgan fingerprint density at radius 2 is 2.10 bits per heavy atom. The molecule has 3 unspecified atom stereocenters. The number of nitrogens with two attached hydrogens (primary N) is 1. The van der Waals surface area contributed by atoms with E-state index in [4.69, 9.17) is 5.73 Å². The largest absolute Gasteiger partial charge is 0.327 e. The Balaban J connectivity index is 2.32. The fourth-order valence-corrected chi connectivity index (χ4v) is 6.00. The minimum Gasteiger partial charge on any atom is -0.327 e. The highest BCUT2D eigenvalue weighted by Crippen LogP contribution is 2.66. The lowest BCUT2D eigenvalue weighted by atomic mass is 9.70. The number of carbonyl (C=O) groups excluding carboxylic acids is 1. The molecule has 2 aliphatic carbocycles. The first-order valence-electron chi connectivity index (χ1n) is 7.51. The topological polar surface area (TPSA) is 89.3 Å². The molecule has 0 heterocycles. The van der Waals surface area contributed by atoms with E-state index in [9.17, 15) is 13.2 Å². The monoisotopic (exact) mass is 314 g/mol. The molecule has 2 saturated carbocycles. The molecule has 0 aliphatic heterocycles. The number of nitrogens with one attached hydrogen (secondary N) is 1. The van der Waals surface area contributed by atoms with Gasteiger partial charge < -0.3 is 5.73 Å². The molecule has 0 aromatic heterocycles. The Labute approximate surface area is 127 Å². The van der Waals surface area contributed by atoms with Crippen LogP contribution in [0.1, 0.15) is 40.5 Å². The van der Waals surface area contributed by atoms with Gasteiger partial charge in [0.05, 0.1) is 11.2 Å². The standard InChI is InChI=1S/C15H26N2O3S/c1-5-11-12-6-7-15(13(11)18,14(12,3)4)9-21(19,20)17-8-10(2)16/h5,10,12,17H,6-9,16H2,1-4H3/b11-5+. The second kappa shape index (κ2) is 5.18. The van der Waals surface area contributed by atoms with Gasteiger partial charge in [0.1, 0.15) is 0 Å². The number of sulfonamides is 1. The molecule has 120 valence electrons. The van der Waals surface area contributed by atoms with Crippen molar-refractivity contribution in [3.05, 3.63) is 11.6 Å². The normalized spacial score (nSPS) is 34.6. The summed E-state index contributed by atoms with van der Waals surface area (Å²) in [5.74, 6) is 0.0721. The minimum atomic E-state index is -3.52. The Morgan fingerprint density at radius 3 is 2.57 bits per heavy atom. The van der Waals surface area contributed by atoms with Crippen molar-refractivity contribution in [1.29, 1.82) is 0 Å². The zero-order chi connectivity index (χ0) is 16.1. The molecular formula is C15H26N2O3S. The third-order valence-electron chi connectivity index (χ3n) is 5.41. The van der Waals surface area contributed by atoms with Gasteiger partial charge >= 0.3 is 0 Å². The van der Waals surface area contributed by atoms with Crippen LogP contribution >= 0.6 is 0 Å². The van der Waals surface area contributed by atoms with Gasteiger partial charge in [-0.1, -0.05) is 19.9 Å². The van der Waals surface area contributed by atoms with E-state index in [0.29, 0.717) is 6.42 Å². The highest BCUT2D eigenvalue weighted by atomic mass is 32.2. The van der Waals surface area contributed by atoms with Gasteiger partial charge in [0.15, 0.2) is 5.78 Å². The average molecular weight is 314 g/mol. The van der Waals surface area contributed by atoms with Crippen molar-refractivity contribution in [2.24, 2.45) is 22.5 Å². The third kappa shape index (κ3) is 2.47. The summed E-state index contributed by atoms with van der Waals surface area (Å²) < 4.78 is 27.3. The highest BCUT2D eigenvalue weighted by molar-refractivity contribution is 7.89. The Morgan fingerprint density at radius 1 is 1.48 bits per heavy atom. The first kappa shape index (κ1) is 16.6. The smallest absolute Gasteiger partial charge is 0.212 e. The van der Waals surface area contributed by atoms with Crippen molar-refractivity contribution in [1.82, 2.24) is 4.72 Å². The van der Waals surface area contributed by atoms with Crippen LogP contribution in [0.25, 0.3) is 0 Å². The van der Waals surface area contributed by atoms with Crippen molar-refractivity contribution in [2.45, 2.75) is 46.6 Å². The average Bonchev–Trinajstić information content (AvgIpc) is 2.69. The summed E-state index contributed by atoms with van der Waals surface area (Å²) in [7, 11) is -3.52. The van der Waals surface area contributed by atoms with Crippen molar-refractivity contribution >= 4 is 15.8 Å². The summed E-state index contributed by atoms with van der Waals surface area (Å²) >= 11 is 0. The van der Waals surface area contributed by atoms with E-state index in [1.54, 1.807) is 6.92 Å². The number of allylic oxidation sites excluding steroid dienone is 2. The zero-order valence-corrected chi connectivity index (χ0v) is 14.1. The molecule has 0 radical (unpaired) electrons. The number of hydrogen-bond donors (Lipinski definition) is 2. The van der Waals surface area contributed by atoms with Crippen molar-refractivity contribution in [2.75, 3.05) is 12.3 Å². The molecule has 0 aromatic carbocycles. The molecule has 0 amide bonds. The maximum absolute atomic E-state index is 12.8. The number of hydrogen-bond acceptors (Lipinski definition) is 4. The fourth-order valence-electron chi connectivity index (χ4n) is 4.08. The lowest BCUT2D eigenvalue weighted by molar-refractivity contribution is -0.125. The first-order chi connectivity index (χ1) is 9.57. The second-order valence-electron chi connectivity index (χ2n) is 7.05. The molecule has 21 heavy (non-hydrogen) atoms. The molecule has 2 bridgehead atoms. The first-order valence-corrected chi connectivity index (χ1v) is 9.16. The number of carbonyl (C=O) groups is 1. The molecule has 0 aromatic rings. The predicted octanol–water partition coefficient (Wildman–Crippen LogP) is 1.20. The quantitative estimate of drug-likeness (QED) is 0.746. The predicted molar refractivity (Wildman–Crippen MR) is 83.1 cm³/mol. The van der Waals surface area contributed by atoms with Gasteiger partial charge in [0.25, 0.3) is 0 Å². The third-order valence-corrected chi connectivity index (χ3v) is 6.89. The van der Waals surface area contributed by atoms with Crippen LogP contribution in [0.2, 0.25) is 0 Å². The molecule has 0 saturated heterocycles. The Hall–Kier alpha value is -0.720. The van der Waals surface area contributed by atoms with Crippen LogP contribution in [-0.2, 0) is 14.8 Å². The summed E-state index contributed by atoms with van der Waals surface area (Å²) in [5, 5.41) is 0. The van der Waals surface area contributed by atoms with E-state index in [1.807, 2.05) is 26.8 Å². The van der Waals surface area contributed by atoms with Crippen LogP contribution in [0.5, 0.6) is 0 Å². The van der Waals surface area contributed by atoms with E-state index in [0.717, 1.165) is 12.0 Å². The van der Waals surface area contributed by atoms with E-state index in [2.05, 4.69) is 4.72 Å². The molecular weight excluding hydrogens is 288 g/mol. The van der Waals surface area contributed by atoms with Crippen molar-refractivity contribution in [3.8, 4) is 0 Å². The van der Waals surface area contributed by atoms with E-state index < -0.39 is 15.4 Å². The summed E-state index contributed by atoms with van der Waals surface area (Å²) in [6.07, 6.45) is 3.40. The molecule has 0 spiro atoms. The van der Waals surface area contributed by atoms with Crippen LogP contribution < -0.4 is 10.5 Å². The van der Waals surface area contributed by atoms with Gasteiger partial charge in [-0.3, -0.25) is 4.79 Å². The molecule has 2 rings (SSSR count). The highest BCUT2D eigenvalue weighted by Gasteiger charge is 2.67. The Kier molecular flexibility index (Phi) is 4.10. The van der Waals surface area contributed by atoms with Gasteiger partial charge in [-0.25, -0.2) is 13.1 Å². The van der Waals surface area contributed by atoms with Crippen LogP contribution in [0, 0.1) is 16.7 Å². The van der Waals surface area contributed by atoms with Crippen molar-refractivity contribution in [3.63, 3.8) is 0 Å². The molecule has 3 atom stereocenters. The number of ketones is 1. The van der Waals surface area contributed by atoms with Gasteiger partial charge in [-0.2, -0.15) is 0 Å². The van der Waals surface area contributed by atoms with Gasteiger partial charge in [-0.05, 0) is 43.6 Å². The zero-order valence-electron chi connectivity index (χ0n) is 13.3. The van der Waals surface area contributed by atoms with E-state index in [1.165, 1.54) is 0 Å². The van der Waals surface area contributed by atoms with Crippen LogP contribution in [0.3, 0.4) is 0 Å². The maximum atomic E-state index is 12.8. The van der Waals surface area contributed by atoms with E-state index in [-0.39, 0.29) is 35.5 Å². The summed E-state index contributed by atoms with van der Waals surface area (Å²) in [5.41, 5.74) is 5.32. The molecule has 3 N–H and O–H groups in total. The molecule has 2 fully saturated rings. The van der Waals surface area contributed by atoms with Gasteiger partial charge in [-0.15, -0.1) is 0 Å². The Bertz CT molecular complexity index is 578. The van der Waals surface area contributed by atoms with Crippen molar-refractivity contribution < 1.29 is 13.2 Å². The second-order valence-corrected chi connectivity index (χ2v) is 8.86. The summed E-state index contributed by atoms with van der Waals surface area (Å²) in [6.45, 7) is 7.86. The minimum absolute atomic E-state index is 0.0254. The van der Waals surface area contributed by atoms with Crippen LogP contribution in [0.15, 0.2) is 11.6 Å². The maximum Gasteiger partial charge on any atom is 0.212 e. The molecule has 2 aliphatic rings. The van der Waals surface area contributed by atoms with E-state index >= 15 is 0 Å². The van der Waals surface area contributed by atoms with Gasteiger partial charge in [0.2, 0.25) is 10.0 Å². The number of Topliss-reactive ketones (excluding diaryl/α,β-unsaturated/α-hetero) is 1. The van der Waals surface area contributed by atoms with Gasteiger partial charge in [0, 0.05) is 12.6 Å². The molecule has 5 nitrogen and oxygen atoms in total. The fraction of sp³-hybridized carbons (Fsp3) is 0.800. The number of rotatable bonds is 5. The number of fused-ring (bicyclic) bond motifs is 2. The molecule has 6 heteroatoms. The van der Waals surface area contributed by atoms with Crippen LogP contribution in [-0.4, -0.2) is 32.5 Å². The SMILES string of the molecule is C/C=C1/C(=O)C2(CS(=O)(=O)NCC(C)N)CCC1C2(C)C. The summed E-state index contributed by atoms with van der Waals surface area (Å²) in [4.78, 5) is 12.8. The lowest BCUT2D eigenvalue weighted by Crippen LogP contribution is -2.47. The lowest BCUT2D eigenvalue weighted by Gasteiger charge is -2.35.